The monoisotopic (exact) mass is 302 g/mol. The van der Waals surface area contributed by atoms with Crippen molar-refractivity contribution in [1.82, 2.24) is 4.72 Å². The lowest BCUT2D eigenvalue weighted by atomic mass is 10.3. The zero-order chi connectivity index (χ0) is 12.3. The third-order valence-electron chi connectivity index (χ3n) is 1.92. The van der Waals surface area contributed by atoms with Gasteiger partial charge in [-0.15, -0.1) is 12.4 Å². The standard InChI is InChI=1S/C9H12ClFN2O2S.ClH/c1-6(5-12)13-16(14,15)8-4-2-3-7(10)9(8)11;/h2-4,6,13H,5,12H2,1H3;1H/t6-;/m1./s1. The van der Waals surface area contributed by atoms with E-state index in [1.807, 2.05) is 0 Å². The quantitative estimate of drug-likeness (QED) is 0.886. The number of nitrogens with one attached hydrogen (secondary N) is 1. The van der Waals surface area contributed by atoms with Crippen LogP contribution in [-0.2, 0) is 10.0 Å². The van der Waals surface area contributed by atoms with Gasteiger partial charge in [0, 0.05) is 12.6 Å². The summed E-state index contributed by atoms with van der Waals surface area (Å²) in [6.45, 7) is 1.71. The van der Waals surface area contributed by atoms with Crippen LogP contribution >= 0.6 is 24.0 Å². The van der Waals surface area contributed by atoms with E-state index in [0.717, 1.165) is 6.07 Å². The smallest absolute Gasteiger partial charge is 0.243 e. The van der Waals surface area contributed by atoms with Gasteiger partial charge in [0.15, 0.2) is 5.82 Å². The summed E-state index contributed by atoms with van der Waals surface area (Å²) in [5.41, 5.74) is 5.28. The number of halogens is 3. The molecule has 1 aromatic rings. The molecule has 0 aliphatic carbocycles. The average molecular weight is 303 g/mol. The van der Waals surface area contributed by atoms with E-state index < -0.39 is 26.8 Å². The van der Waals surface area contributed by atoms with Gasteiger partial charge in [-0.2, -0.15) is 0 Å². The highest BCUT2D eigenvalue weighted by molar-refractivity contribution is 7.89. The van der Waals surface area contributed by atoms with Crippen molar-refractivity contribution in [2.45, 2.75) is 17.9 Å². The fourth-order valence-electron chi connectivity index (χ4n) is 1.07. The van der Waals surface area contributed by atoms with Crippen molar-refractivity contribution in [3.05, 3.63) is 29.0 Å². The Balaban J connectivity index is 0.00000256. The van der Waals surface area contributed by atoms with E-state index in [4.69, 9.17) is 17.3 Å². The van der Waals surface area contributed by atoms with Gasteiger partial charge in [0.2, 0.25) is 10.0 Å². The second-order valence-electron chi connectivity index (χ2n) is 3.31. The molecule has 0 aliphatic rings. The summed E-state index contributed by atoms with van der Waals surface area (Å²) in [6.07, 6.45) is 0. The molecule has 0 saturated heterocycles. The molecule has 0 saturated carbocycles. The molecule has 0 heterocycles. The number of benzene rings is 1. The Morgan fingerprint density at radius 1 is 1.53 bits per heavy atom. The molecule has 17 heavy (non-hydrogen) atoms. The number of nitrogens with two attached hydrogens (primary N) is 1. The maximum absolute atomic E-state index is 13.5. The minimum absolute atomic E-state index is 0. The number of rotatable bonds is 4. The molecule has 0 aromatic heterocycles. The molecule has 0 fully saturated rings. The lowest BCUT2D eigenvalue weighted by molar-refractivity contribution is 0.544. The lowest BCUT2D eigenvalue weighted by Crippen LogP contribution is -2.38. The van der Waals surface area contributed by atoms with Crippen molar-refractivity contribution in [2.75, 3.05) is 6.54 Å². The summed E-state index contributed by atoms with van der Waals surface area (Å²) >= 11 is 5.50. The predicted octanol–water partition coefficient (Wildman–Crippen LogP) is 1.53. The van der Waals surface area contributed by atoms with E-state index >= 15 is 0 Å². The molecule has 0 bridgehead atoms. The highest BCUT2D eigenvalue weighted by Crippen LogP contribution is 2.21. The predicted molar refractivity (Wildman–Crippen MR) is 67.5 cm³/mol. The molecule has 0 radical (unpaired) electrons. The van der Waals surface area contributed by atoms with Gasteiger partial charge in [0.1, 0.15) is 4.90 Å². The van der Waals surface area contributed by atoms with Crippen LogP contribution in [0.3, 0.4) is 0 Å². The highest BCUT2D eigenvalue weighted by atomic mass is 35.5. The number of hydrogen-bond donors (Lipinski definition) is 2. The largest absolute Gasteiger partial charge is 0.329 e. The average Bonchev–Trinajstić information content (AvgIpc) is 2.21. The van der Waals surface area contributed by atoms with Crippen LogP contribution < -0.4 is 10.5 Å². The van der Waals surface area contributed by atoms with Gasteiger partial charge >= 0.3 is 0 Å². The fraction of sp³-hybridized carbons (Fsp3) is 0.333. The number of hydrogen-bond acceptors (Lipinski definition) is 3. The van der Waals surface area contributed by atoms with Gasteiger partial charge in [0.25, 0.3) is 0 Å². The van der Waals surface area contributed by atoms with Gasteiger partial charge in [-0.05, 0) is 19.1 Å². The summed E-state index contributed by atoms with van der Waals surface area (Å²) in [7, 11) is -3.91. The van der Waals surface area contributed by atoms with E-state index in [1.165, 1.54) is 12.1 Å². The van der Waals surface area contributed by atoms with E-state index in [2.05, 4.69) is 4.72 Å². The zero-order valence-electron chi connectivity index (χ0n) is 8.98. The molecule has 0 unspecified atom stereocenters. The topological polar surface area (TPSA) is 72.2 Å². The summed E-state index contributed by atoms with van der Waals surface area (Å²) in [6, 6.07) is 3.32. The van der Waals surface area contributed by atoms with E-state index in [1.54, 1.807) is 6.92 Å². The van der Waals surface area contributed by atoms with Gasteiger partial charge in [0.05, 0.1) is 5.02 Å². The third-order valence-corrected chi connectivity index (χ3v) is 3.81. The van der Waals surface area contributed by atoms with Gasteiger partial charge in [-0.25, -0.2) is 17.5 Å². The first-order valence-electron chi connectivity index (χ1n) is 4.55. The highest BCUT2D eigenvalue weighted by Gasteiger charge is 2.21. The van der Waals surface area contributed by atoms with Crippen LogP contribution in [0.25, 0.3) is 0 Å². The second-order valence-corrected chi connectivity index (χ2v) is 5.40. The molecular weight excluding hydrogens is 290 g/mol. The zero-order valence-corrected chi connectivity index (χ0v) is 11.4. The van der Waals surface area contributed by atoms with Crippen molar-refractivity contribution < 1.29 is 12.8 Å². The Labute approximate surface area is 111 Å². The van der Waals surface area contributed by atoms with Gasteiger partial charge < -0.3 is 5.73 Å². The Hall–Kier alpha value is -0.400. The minimum Gasteiger partial charge on any atom is -0.329 e. The molecule has 1 aromatic carbocycles. The maximum Gasteiger partial charge on any atom is 0.243 e. The van der Waals surface area contributed by atoms with Crippen LogP contribution in [0.1, 0.15) is 6.92 Å². The molecule has 1 rings (SSSR count). The first kappa shape index (κ1) is 16.6. The van der Waals surface area contributed by atoms with Crippen LogP contribution in [0, 0.1) is 5.82 Å². The van der Waals surface area contributed by atoms with E-state index in [-0.39, 0.29) is 24.0 Å². The Kier molecular flexibility index (Phi) is 6.36. The fourth-order valence-corrected chi connectivity index (χ4v) is 2.66. The Bertz CT molecular complexity index is 482. The molecule has 4 nitrogen and oxygen atoms in total. The van der Waals surface area contributed by atoms with E-state index in [9.17, 15) is 12.8 Å². The Morgan fingerprint density at radius 3 is 2.65 bits per heavy atom. The van der Waals surface area contributed by atoms with Crippen molar-refractivity contribution in [1.29, 1.82) is 0 Å². The molecule has 3 N–H and O–H groups in total. The van der Waals surface area contributed by atoms with E-state index in [0.29, 0.717) is 0 Å². The van der Waals surface area contributed by atoms with Gasteiger partial charge in [-0.3, -0.25) is 0 Å². The summed E-state index contributed by atoms with van der Waals surface area (Å²) in [5, 5.41) is -0.233. The normalized spacial score (nSPS) is 12.9. The Morgan fingerprint density at radius 2 is 2.12 bits per heavy atom. The van der Waals surface area contributed by atoms with Crippen LogP contribution in [-0.4, -0.2) is 21.0 Å². The molecule has 98 valence electrons. The van der Waals surface area contributed by atoms with Crippen LogP contribution in [0.2, 0.25) is 5.02 Å². The minimum atomic E-state index is -3.91. The molecule has 8 heteroatoms. The summed E-state index contributed by atoms with van der Waals surface area (Å²) in [5.74, 6) is -0.958. The first-order chi connectivity index (χ1) is 7.38. The van der Waals surface area contributed by atoms with Crippen molar-refractivity contribution in [3.8, 4) is 0 Å². The van der Waals surface area contributed by atoms with Crippen molar-refractivity contribution in [3.63, 3.8) is 0 Å². The SMILES string of the molecule is C[C@H](CN)NS(=O)(=O)c1cccc(Cl)c1F.Cl. The molecule has 1 atom stereocenters. The second kappa shape index (κ2) is 6.51. The van der Waals surface area contributed by atoms with Crippen molar-refractivity contribution >= 4 is 34.0 Å². The van der Waals surface area contributed by atoms with Crippen molar-refractivity contribution in [2.24, 2.45) is 5.73 Å². The summed E-state index contributed by atoms with van der Waals surface area (Å²) in [4.78, 5) is -0.472. The van der Waals surface area contributed by atoms with Crippen LogP contribution in [0.15, 0.2) is 23.1 Å². The lowest BCUT2D eigenvalue weighted by Gasteiger charge is -2.12. The third kappa shape index (κ3) is 4.08. The van der Waals surface area contributed by atoms with Crippen LogP contribution in [0.5, 0.6) is 0 Å². The first-order valence-corrected chi connectivity index (χ1v) is 6.41. The number of sulfonamides is 1. The summed E-state index contributed by atoms with van der Waals surface area (Å²) < 4.78 is 39.1. The molecule has 0 spiro atoms. The van der Waals surface area contributed by atoms with Gasteiger partial charge in [-0.1, -0.05) is 17.7 Å². The molecule has 0 amide bonds. The van der Waals surface area contributed by atoms with Crippen LogP contribution in [0.4, 0.5) is 4.39 Å². The molecular formula is C9H13Cl2FN2O2S. The maximum atomic E-state index is 13.5. The molecule has 0 aliphatic heterocycles.